The van der Waals surface area contributed by atoms with Crippen LogP contribution in [0.2, 0.25) is 0 Å². The standard InChI is InChI=1S/C12H15N3O/c1-3-15(4-2)12-14-13-11(16-12)10-8-6-5-7-9-10/h5-9H,3-4H2,1-2H3. The summed E-state index contributed by atoms with van der Waals surface area (Å²) in [5, 5.41) is 8.09. The third kappa shape index (κ3) is 2.05. The van der Waals surface area contributed by atoms with Crippen LogP contribution in [0.25, 0.3) is 11.5 Å². The van der Waals surface area contributed by atoms with Crippen molar-refractivity contribution in [3.63, 3.8) is 0 Å². The predicted octanol–water partition coefficient (Wildman–Crippen LogP) is 2.58. The molecule has 0 aliphatic rings. The number of aromatic nitrogens is 2. The van der Waals surface area contributed by atoms with Crippen LogP contribution in [0, 0.1) is 0 Å². The van der Waals surface area contributed by atoms with Crippen molar-refractivity contribution >= 4 is 6.01 Å². The number of anilines is 1. The second-order valence-corrected chi connectivity index (χ2v) is 3.43. The molecule has 2 rings (SSSR count). The van der Waals surface area contributed by atoms with Crippen LogP contribution in [0.1, 0.15) is 13.8 Å². The van der Waals surface area contributed by atoms with Gasteiger partial charge in [-0.2, -0.15) is 0 Å². The highest BCUT2D eigenvalue weighted by molar-refractivity contribution is 5.52. The summed E-state index contributed by atoms with van der Waals surface area (Å²) in [5.41, 5.74) is 0.952. The van der Waals surface area contributed by atoms with Crippen molar-refractivity contribution in [1.29, 1.82) is 0 Å². The van der Waals surface area contributed by atoms with Crippen LogP contribution >= 0.6 is 0 Å². The van der Waals surface area contributed by atoms with Gasteiger partial charge in [0.1, 0.15) is 0 Å². The van der Waals surface area contributed by atoms with E-state index in [2.05, 4.69) is 24.0 Å². The molecular formula is C12H15N3O. The molecule has 1 aromatic carbocycles. The van der Waals surface area contributed by atoms with Gasteiger partial charge in [0, 0.05) is 18.7 Å². The Labute approximate surface area is 94.9 Å². The summed E-state index contributed by atoms with van der Waals surface area (Å²) in [7, 11) is 0. The van der Waals surface area contributed by atoms with Gasteiger partial charge in [0.2, 0.25) is 5.89 Å². The fraction of sp³-hybridized carbons (Fsp3) is 0.333. The minimum atomic E-state index is 0.572. The first kappa shape index (κ1) is 10.7. The van der Waals surface area contributed by atoms with Gasteiger partial charge < -0.3 is 9.32 Å². The first-order valence-electron chi connectivity index (χ1n) is 5.49. The van der Waals surface area contributed by atoms with E-state index in [9.17, 15) is 0 Å². The van der Waals surface area contributed by atoms with E-state index in [0.29, 0.717) is 11.9 Å². The maximum atomic E-state index is 5.62. The summed E-state index contributed by atoms with van der Waals surface area (Å²) < 4.78 is 5.62. The first-order chi connectivity index (χ1) is 7.85. The largest absolute Gasteiger partial charge is 0.403 e. The van der Waals surface area contributed by atoms with Crippen molar-refractivity contribution < 1.29 is 4.42 Å². The Balaban J connectivity index is 2.26. The SMILES string of the molecule is CCN(CC)c1nnc(-c2ccccc2)o1. The van der Waals surface area contributed by atoms with Gasteiger partial charge in [-0.15, -0.1) is 5.10 Å². The minimum absolute atomic E-state index is 0.572. The molecule has 0 saturated heterocycles. The van der Waals surface area contributed by atoms with Gasteiger partial charge in [0.25, 0.3) is 0 Å². The quantitative estimate of drug-likeness (QED) is 0.789. The average Bonchev–Trinajstić information content (AvgIpc) is 2.81. The van der Waals surface area contributed by atoms with Gasteiger partial charge in [-0.05, 0) is 26.0 Å². The lowest BCUT2D eigenvalue weighted by atomic mass is 10.2. The van der Waals surface area contributed by atoms with Gasteiger partial charge >= 0.3 is 6.01 Å². The molecule has 16 heavy (non-hydrogen) atoms. The molecule has 0 aliphatic heterocycles. The van der Waals surface area contributed by atoms with E-state index in [1.54, 1.807) is 0 Å². The van der Waals surface area contributed by atoms with Crippen molar-refractivity contribution in [2.45, 2.75) is 13.8 Å². The lowest BCUT2D eigenvalue weighted by molar-refractivity contribution is 0.550. The molecule has 84 valence electrons. The van der Waals surface area contributed by atoms with E-state index in [0.717, 1.165) is 18.7 Å². The first-order valence-corrected chi connectivity index (χ1v) is 5.49. The lowest BCUT2D eigenvalue weighted by Gasteiger charge is -2.13. The Bertz CT molecular complexity index is 435. The average molecular weight is 217 g/mol. The maximum Gasteiger partial charge on any atom is 0.318 e. The van der Waals surface area contributed by atoms with Gasteiger partial charge in [-0.1, -0.05) is 23.3 Å². The molecule has 2 aromatic rings. The molecular weight excluding hydrogens is 202 g/mol. The van der Waals surface area contributed by atoms with Crippen molar-refractivity contribution in [3.8, 4) is 11.5 Å². The molecule has 4 heteroatoms. The van der Waals surface area contributed by atoms with Crippen molar-refractivity contribution in [2.24, 2.45) is 0 Å². The van der Waals surface area contributed by atoms with Crippen LogP contribution < -0.4 is 4.90 Å². The number of benzene rings is 1. The fourth-order valence-electron chi connectivity index (χ4n) is 1.53. The monoisotopic (exact) mass is 217 g/mol. The summed E-state index contributed by atoms with van der Waals surface area (Å²) in [6.45, 7) is 5.87. The van der Waals surface area contributed by atoms with Gasteiger partial charge in [-0.25, -0.2) is 0 Å². The molecule has 1 aromatic heterocycles. The number of rotatable bonds is 4. The summed E-state index contributed by atoms with van der Waals surface area (Å²) in [6.07, 6.45) is 0. The Morgan fingerprint density at radius 3 is 2.38 bits per heavy atom. The zero-order valence-corrected chi connectivity index (χ0v) is 9.55. The molecule has 0 unspecified atom stereocenters. The van der Waals surface area contributed by atoms with Gasteiger partial charge in [-0.3, -0.25) is 0 Å². The Morgan fingerprint density at radius 2 is 1.75 bits per heavy atom. The summed E-state index contributed by atoms with van der Waals surface area (Å²) in [4.78, 5) is 2.03. The molecule has 4 nitrogen and oxygen atoms in total. The molecule has 0 radical (unpaired) electrons. The Kier molecular flexibility index (Phi) is 3.19. The van der Waals surface area contributed by atoms with Crippen molar-refractivity contribution in [2.75, 3.05) is 18.0 Å². The van der Waals surface area contributed by atoms with E-state index in [4.69, 9.17) is 4.42 Å². The molecule has 0 amide bonds. The summed E-state index contributed by atoms with van der Waals surface area (Å²) in [5.74, 6) is 0.572. The van der Waals surface area contributed by atoms with Crippen molar-refractivity contribution in [1.82, 2.24) is 10.2 Å². The number of nitrogens with zero attached hydrogens (tertiary/aromatic N) is 3. The normalized spacial score (nSPS) is 10.4. The molecule has 0 aliphatic carbocycles. The van der Waals surface area contributed by atoms with Crippen LogP contribution in [0.3, 0.4) is 0 Å². The van der Waals surface area contributed by atoms with Crippen LogP contribution in [-0.4, -0.2) is 23.3 Å². The Hall–Kier alpha value is -1.84. The lowest BCUT2D eigenvalue weighted by Crippen LogP contribution is -2.21. The topological polar surface area (TPSA) is 42.2 Å². The fourth-order valence-corrected chi connectivity index (χ4v) is 1.53. The third-order valence-corrected chi connectivity index (χ3v) is 2.47. The highest BCUT2D eigenvalue weighted by Crippen LogP contribution is 2.21. The summed E-state index contributed by atoms with van der Waals surface area (Å²) >= 11 is 0. The van der Waals surface area contributed by atoms with Crippen molar-refractivity contribution in [3.05, 3.63) is 30.3 Å². The smallest absolute Gasteiger partial charge is 0.318 e. The molecule has 0 fully saturated rings. The van der Waals surface area contributed by atoms with Gasteiger partial charge in [0.15, 0.2) is 0 Å². The molecule has 0 bridgehead atoms. The molecule has 0 saturated carbocycles. The molecule has 0 spiro atoms. The van der Waals surface area contributed by atoms with E-state index < -0.39 is 0 Å². The zero-order valence-electron chi connectivity index (χ0n) is 9.55. The maximum absolute atomic E-state index is 5.62. The van der Waals surface area contributed by atoms with Crippen LogP contribution in [0.15, 0.2) is 34.7 Å². The second kappa shape index (κ2) is 4.79. The van der Waals surface area contributed by atoms with E-state index in [1.807, 2.05) is 35.2 Å². The van der Waals surface area contributed by atoms with E-state index >= 15 is 0 Å². The molecule has 1 heterocycles. The van der Waals surface area contributed by atoms with Crippen LogP contribution in [0.5, 0.6) is 0 Å². The van der Waals surface area contributed by atoms with E-state index in [-0.39, 0.29) is 0 Å². The van der Waals surface area contributed by atoms with Crippen LogP contribution in [-0.2, 0) is 0 Å². The van der Waals surface area contributed by atoms with E-state index in [1.165, 1.54) is 0 Å². The zero-order chi connectivity index (χ0) is 11.4. The van der Waals surface area contributed by atoms with Crippen LogP contribution in [0.4, 0.5) is 6.01 Å². The Morgan fingerprint density at radius 1 is 1.06 bits per heavy atom. The highest BCUT2D eigenvalue weighted by atomic mass is 16.4. The second-order valence-electron chi connectivity index (χ2n) is 3.43. The number of hydrogen-bond acceptors (Lipinski definition) is 4. The summed E-state index contributed by atoms with van der Waals surface area (Å²) in [6, 6.07) is 10.4. The third-order valence-electron chi connectivity index (χ3n) is 2.47. The molecule has 0 atom stereocenters. The minimum Gasteiger partial charge on any atom is -0.403 e. The number of hydrogen-bond donors (Lipinski definition) is 0. The predicted molar refractivity (Wildman–Crippen MR) is 63.3 cm³/mol. The highest BCUT2D eigenvalue weighted by Gasteiger charge is 2.11. The molecule has 0 N–H and O–H groups in total. The van der Waals surface area contributed by atoms with Gasteiger partial charge in [0.05, 0.1) is 0 Å².